The van der Waals surface area contributed by atoms with Gasteiger partial charge in [0.15, 0.2) is 0 Å². The molecule has 0 amide bonds. The summed E-state index contributed by atoms with van der Waals surface area (Å²) in [4.78, 5) is 7.15. The molecule has 2 aromatic heterocycles. The third kappa shape index (κ3) is 2.66. The van der Waals surface area contributed by atoms with Gasteiger partial charge in [0, 0.05) is 25.2 Å². The zero-order valence-corrected chi connectivity index (χ0v) is 12.4. The fourth-order valence-corrected chi connectivity index (χ4v) is 3.18. The second kappa shape index (κ2) is 5.83. The smallest absolute Gasteiger partial charge is 0.122 e. The van der Waals surface area contributed by atoms with Gasteiger partial charge in [-0.1, -0.05) is 6.92 Å². The van der Waals surface area contributed by atoms with Crippen molar-refractivity contribution in [3.05, 3.63) is 30.4 Å². The van der Waals surface area contributed by atoms with Crippen molar-refractivity contribution in [2.45, 2.75) is 26.2 Å². The Balaban J connectivity index is 1.77. The van der Waals surface area contributed by atoms with Gasteiger partial charge in [0.2, 0.25) is 0 Å². The van der Waals surface area contributed by atoms with E-state index in [1.54, 1.807) is 7.11 Å². The largest absolute Gasteiger partial charge is 0.497 e. The predicted octanol–water partition coefficient (Wildman–Crippen LogP) is 2.62. The summed E-state index contributed by atoms with van der Waals surface area (Å²) in [5.74, 6) is 2.79. The molecule has 4 heteroatoms. The third-order valence-electron chi connectivity index (χ3n) is 4.34. The van der Waals surface area contributed by atoms with Gasteiger partial charge in [-0.2, -0.15) is 0 Å². The van der Waals surface area contributed by atoms with Crippen molar-refractivity contribution < 1.29 is 4.74 Å². The fourth-order valence-electron chi connectivity index (χ4n) is 3.18. The first-order valence-electron chi connectivity index (χ1n) is 7.52. The first-order chi connectivity index (χ1) is 9.80. The zero-order valence-electron chi connectivity index (χ0n) is 12.4. The summed E-state index contributed by atoms with van der Waals surface area (Å²) in [5.41, 5.74) is 1.11. The highest BCUT2D eigenvalue weighted by Gasteiger charge is 2.20. The number of hydrogen-bond donors (Lipinski definition) is 0. The number of piperidine rings is 1. The number of rotatable bonds is 4. The maximum Gasteiger partial charge on any atom is 0.122 e. The van der Waals surface area contributed by atoms with Crippen molar-refractivity contribution in [2.24, 2.45) is 5.92 Å². The molecule has 1 unspecified atom stereocenters. The molecule has 0 spiro atoms. The quantitative estimate of drug-likeness (QED) is 0.857. The van der Waals surface area contributed by atoms with E-state index in [1.807, 2.05) is 18.3 Å². The fraction of sp³-hybridized carbons (Fsp3) is 0.562. The van der Waals surface area contributed by atoms with Gasteiger partial charge in [-0.25, -0.2) is 4.98 Å². The molecule has 0 radical (unpaired) electrons. The number of fused-ring (bicyclic) bond motifs is 1. The minimum atomic E-state index is 0.733. The average molecular weight is 273 g/mol. The molecule has 1 saturated heterocycles. The van der Waals surface area contributed by atoms with Crippen LogP contribution in [0.4, 0.5) is 0 Å². The molecule has 0 bridgehead atoms. The highest BCUT2D eigenvalue weighted by Crippen LogP contribution is 2.22. The van der Waals surface area contributed by atoms with Crippen molar-refractivity contribution in [3.63, 3.8) is 0 Å². The van der Waals surface area contributed by atoms with Crippen LogP contribution in [-0.2, 0) is 6.42 Å². The summed E-state index contributed by atoms with van der Waals surface area (Å²) >= 11 is 0. The molecule has 1 aliphatic heterocycles. The molecule has 3 heterocycles. The maximum atomic E-state index is 5.26. The van der Waals surface area contributed by atoms with Gasteiger partial charge in [-0.05, 0) is 37.9 Å². The van der Waals surface area contributed by atoms with Crippen LogP contribution in [0.5, 0.6) is 5.75 Å². The molecule has 3 rings (SSSR count). The van der Waals surface area contributed by atoms with Crippen molar-refractivity contribution in [1.82, 2.24) is 14.3 Å². The van der Waals surface area contributed by atoms with Crippen LogP contribution >= 0.6 is 0 Å². The van der Waals surface area contributed by atoms with Gasteiger partial charge >= 0.3 is 0 Å². The van der Waals surface area contributed by atoms with Gasteiger partial charge in [0.05, 0.1) is 18.8 Å². The Bertz CT molecular complexity index is 578. The minimum absolute atomic E-state index is 0.733. The normalized spacial score (nSPS) is 20.4. The van der Waals surface area contributed by atoms with Crippen molar-refractivity contribution in [1.29, 1.82) is 0 Å². The van der Waals surface area contributed by atoms with Crippen LogP contribution in [0.2, 0.25) is 0 Å². The number of pyridine rings is 1. The topological polar surface area (TPSA) is 29.8 Å². The summed E-state index contributed by atoms with van der Waals surface area (Å²) < 4.78 is 7.45. The standard InChI is InChI=1S/C16H23N3O/c1-3-18-7-4-5-13(12-18)9-16-17-11-14-10-15(20-2)6-8-19(14)16/h6,8,10-11,13H,3-5,7,9,12H2,1-2H3. The van der Waals surface area contributed by atoms with E-state index in [-0.39, 0.29) is 0 Å². The molecule has 108 valence electrons. The van der Waals surface area contributed by atoms with Crippen LogP contribution < -0.4 is 4.74 Å². The first-order valence-corrected chi connectivity index (χ1v) is 7.52. The lowest BCUT2D eigenvalue weighted by atomic mass is 9.94. The minimum Gasteiger partial charge on any atom is -0.497 e. The number of methoxy groups -OCH3 is 1. The van der Waals surface area contributed by atoms with Gasteiger partial charge < -0.3 is 14.0 Å². The highest BCUT2D eigenvalue weighted by atomic mass is 16.5. The third-order valence-corrected chi connectivity index (χ3v) is 4.34. The molecule has 0 N–H and O–H groups in total. The zero-order chi connectivity index (χ0) is 13.9. The van der Waals surface area contributed by atoms with E-state index in [9.17, 15) is 0 Å². The molecular weight excluding hydrogens is 250 g/mol. The van der Waals surface area contributed by atoms with E-state index < -0.39 is 0 Å². The van der Waals surface area contributed by atoms with Gasteiger partial charge in [-0.15, -0.1) is 0 Å². The van der Waals surface area contributed by atoms with Crippen LogP contribution in [0.15, 0.2) is 24.5 Å². The molecule has 0 saturated carbocycles. The molecule has 0 aliphatic carbocycles. The first kappa shape index (κ1) is 13.4. The number of ether oxygens (including phenoxy) is 1. The van der Waals surface area contributed by atoms with E-state index in [0.717, 1.165) is 30.1 Å². The monoisotopic (exact) mass is 273 g/mol. The lowest BCUT2D eigenvalue weighted by Crippen LogP contribution is -2.36. The number of imidazole rings is 1. The molecule has 1 atom stereocenters. The predicted molar refractivity (Wildman–Crippen MR) is 80.3 cm³/mol. The SMILES string of the molecule is CCN1CCCC(Cc2ncc3cc(OC)ccn23)C1. The van der Waals surface area contributed by atoms with E-state index >= 15 is 0 Å². The van der Waals surface area contributed by atoms with Crippen molar-refractivity contribution >= 4 is 5.52 Å². The number of aromatic nitrogens is 2. The Labute approximate surface area is 120 Å². The number of hydrogen-bond acceptors (Lipinski definition) is 3. The maximum absolute atomic E-state index is 5.26. The molecule has 2 aromatic rings. The Hall–Kier alpha value is -1.55. The summed E-state index contributed by atoms with van der Waals surface area (Å²) in [7, 11) is 1.70. The van der Waals surface area contributed by atoms with Gasteiger partial charge in [0.1, 0.15) is 11.6 Å². The summed E-state index contributed by atoms with van der Waals surface area (Å²) in [6.45, 7) is 5.88. The molecule has 20 heavy (non-hydrogen) atoms. The van der Waals surface area contributed by atoms with Crippen LogP contribution in [0, 0.1) is 5.92 Å². The van der Waals surface area contributed by atoms with Crippen molar-refractivity contribution in [3.8, 4) is 5.75 Å². The molecule has 4 nitrogen and oxygen atoms in total. The van der Waals surface area contributed by atoms with Gasteiger partial charge in [-0.3, -0.25) is 0 Å². The average Bonchev–Trinajstić information content (AvgIpc) is 2.89. The van der Waals surface area contributed by atoms with Crippen LogP contribution in [0.25, 0.3) is 5.52 Å². The molecule has 1 fully saturated rings. The molecule has 1 aliphatic rings. The van der Waals surface area contributed by atoms with E-state index in [0.29, 0.717) is 0 Å². The van der Waals surface area contributed by atoms with E-state index in [4.69, 9.17) is 4.74 Å². The second-order valence-electron chi connectivity index (χ2n) is 5.64. The van der Waals surface area contributed by atoms with E-state index in [1.165, 1.54) is 31.8 Å². The Morgan fingerprint density at radius 3 is 3.15 bits per heavy atom. The van der Waals surface area contributed by atoms with E-state index in [2.05, 4.69) is 27.4 Å². The van der Waals surface area contributed by atoms with Gasteiger partial charge in [0.25, 0.3) is 0 Å². The Kier molecular flexibility index (Phi) is 3.92. The molecular formula is C16H23N3O. The highest BCUT2D eigenvalue weighted by molar-refractivity contribution is 5.50. The lowest BCUT2D eigenvalue weighted by Gasteiger charge is -2.31. The summed E-state index contributed by atoms with van der Waals surface area (Å²) in [6, 6.07) is 4.03. The summed E-state index contributed by atoms with van der Waals surface area (Å²) in [5, 5.41) is 0. The number of nitrogens with zero attached hydrogens (tertiary/aromatic N) is 3. The second-order valence-corrected chi connectivity index (χ2v) is 5.64. The summed E-state index contributed by atoms with van der Waals surface area (Å²) in [6.07, 6.45) is 7.71. The Morgan fingerprint density at radius 2 is 2.35 bits per heavy atom. The van der Waals surface area contributed by atoms with Crippen molar-refractivity contribution in [2.75, 3.05) is 26.7 Å². The van der Waals surface area contributed by atoms with Crippen LogP contribution in [-0.4, -0.2) is 41.0 Å². The van der Waals surface area contributed by atoms with Crippen LogP contribution in [0.3, 0.4) is 0 Å². The number of likely N-dealkylation sites (tertiary alicyclic amines) is 1. The Morgan fingerprint density at radius 1 is 1.45 bits per heavy atom. The molecule has 0 aromatic carbocycles. The lowest BCUT2D eigenvalue weighted by molar-refractivity contribution is 0.180. The van der Waals surface area contributed by atoms with Crippen LogP contribution in [0.1, 0.15) is 25.6 Å².